The van der Waals surface area contributed by atoms with Gasteiger partial charge in [0.05, 0.1) is 33.0 Å². The molecule has 0 aromatic carbocycles. The van der Waals surface area contributed by atoms with Gasteiger partial charge in [-0.25, -0.2) is 19.2 Å². The van der Waals surface area contributed by atoms with Crippen LogP contribution in [-0.2, 0) is 81.0 Å². The Morgan fingerprint density at radius 1 is 0.431 bits per heavy atom. The molecule has 1 rings (SSSR count). The van der Waals surface area contributed by atoms with Crippen LogP contribution >= 0.6 is 0 Å². The maximum Gasteiger partial charge on any atom is 0.333 e. The minimum atomic E-state index is -1.59. The molecule has 0 N–H and O–H groups in total. The molecule has 1 saturated heterocycles. The molecule has 1 unspecified atom stereocenters. The Balaban J connectivity index is 3.15. The lowest BCUT2D eigenvalue weighted by Gasteiger charge is -2.40. The molecule has 1 heterocycles. The van der Waals surface area contributed by atoms with E-state index in [1.54, 1.807) is 0 Å². The van der Waals surface area contributed by atoms with E-state index in [2.05, 4.69) is 26.3 Å². The van der Waals surface area contributed by atoms with Gasteiger partial charge in [-0.2, -0.15) is 0 Å². The Labute approximate surface area is 339 Å². The van der Waals surface area contributed by atoms with Gasteiger partial charge in [0.1, 0.15) is 0 Å². The van der Waals surface area contributed by atoms with E-state index in [-0.39, 0.29) is 100 Å². The first-order chi connectivity index (χ1) is 27.4. The van der Waals surface area contributed by atoms with E-state index in [1.165, 1.54) is 27.7 Å². The van der Waals surface area contributed by atoms with Crippen molar-refractivity contribution >= 4 is 47.8 Å². The van der Waals surface area contributed by atoms with Crippen LogP contribution in [0.3, 0.4) is 0 Å². The number of rotatable bonds is 28. The van der Waals surface area contributed by atoms with Crippen molar-refractivity contribution in [1.82, 2.24) is 0 Å². The Hall–Kier alpha value is -5.32. The van der Waals surface area contributed by atoms with Gasteiger partial charge >= 0.3 is 47.8 Å². The van der Waals surface area contributed by atoms with Crippen molar-refractivity contribution in [1.29, 1.82) is 0 Å². The standard InChI is InChI=1S/C41H58O17/c1-26(2)37(46)50-21-13-9-17-31(42)55-30-25-54-41(58-34(45)20-12-16-24-53-40(49)29(7)8)36(57-33(44)19-11-15-23-52-39(48)28(5)6)35(30)56-32(43)18-10-14-22-51-38(47)27(3)4/h30,35-36,41H,1,3,5,7,9-25H2,2,4,6,8H3/t30-,35?,36-,41+/m1/s1. The first kappa shape index (κ1) is 50.7. The summed E-state index contributed by atoms with van der Waals surface area (Å²) in [5.74, 6) is -5.38. The maximum atomic E-state index is 13.2. The molecule has 0 saturated carbocycles. The molecule has 0 spiro atoms. The summed E-state index contributed by atoms with van der Waals surface area (Å²) in [6.45, 7) is 19.7. The number of esters is 8. The first-order valence-corrected chi connectivity index (χ1v) is 19.1. The molecule has 0 radical (unpaired) electrons. The number of ether oxygens (including phenoxy) is 9. The predicted molar refractivity (Wildman–Crippen MR) is 204 cm³/mol. The van der Waals surface area contributed by atoms with Gasteiger partial charge in [-0.3, -0.25) is 19.2 Å². The average Bonchev–Trinajstić information content (AvgIpc) is 3.15. The van der Waals surface area contributed by atoms with Crippen LogP contribution in [0.2, 0.25) is 0 Å². The van der Waals surface area contributed by atoms with Crippen molar-refractivity contribution in [3.05, 3.63) is 48.6 Å². The SMILES string of the molecule is C=C(C)C(=O)OCCCCC(=O)OC1[C@@H](OC(=O)CCCCOC(=O)C(=C)C)[C@H](OC(=O)CCCCOC(=O)C(=C)C)OC[C@H]1OC(=O)CCCCOC(=O)C(=C)C. The smallest absolute Gasteiger partial charge is 0.333 e. The van der Waals surface area contributed by atoms with Gasteiger partial charge in [0.25, 0.3) is 0 Å². The molecule has 324 valence electrons. The summed E-state index contributed by atoms with van der Waals surface area (Å²) in [6, 6.07) is 0. The van der Waals surface area contributed by atoms with Crippen LogP contribution in [0.5, 0.6) is 0 Å². The maximum absolute atomic E-state index is 13.2. The summed E-state index contributed by atoms with van der Waals surface area (Å²) >= 11 is 0. The minimum absolute atomic E-state index is 0.0130. The van der Waals surface area contributed by atoms with E-state index in [1.807, 2.05) is 0 Å². The third-order valence-corrected chi connectivity index (χ3v) is 7.88. The number of carbonyl (C=O) groups is 8. The van der Waals surface area contributed by atoms with Crippen LogP contribution in [0, 0.1) is 0 Å². The van der Waals surface area contributed by atoms with E-state index in [9.17, 15) is 38.4 Å². The average molecular weight is 823 g/mol. The largest absolute Gasteiger partial charge is 0.462 e. The third-order valence-electron chi connectivity index (χ3n) is 7.88. The number of unbranched alkanes of at least 4 members (excludes halogenated alkanes) is 4. The first-order valence-electron chi connectivity index (χ1n) is 19.1. The number of carbonyl (C=O) groups excluding carboxylic acids is 8. The van der Waals surface area contributed by atoms with E-state index >= 15 is 0 Å². The number of hydrogen-bond acceptors (Lipinski definition) is 17. The van der Waals surface area contributed by atoms with Gasteiger partial charge in [0, 0.05) is 48.0 Å². The van der Waals surface area contributed by atoms with Gasteiger partial charge < -0.3 is 42.6 Å². The lowest BCUT2D eigenvalue weighted by Crippen LogP contribution is -2.58. The molecule has 0 amide bonds. The molecule has 0 aromatic rings. The van der Waals surface area contributed by atoms with Crippen LogP contribution in [-0.4, -0.2) is 105 Å². The minimum Gasteiger partial charge on any atom is -0.462 e. The van der Waals surface area contributed by atoms with Gasteiger partial charge in [0.2, 0.25) is 12.4 Å². The highest BCUT2D eigenvalue weighted by Gasteiger charge is 2.49. The zero-order chi connectivity index (χ0) is 43.6. The Kier molecular flexibility index (Phi) is 24.6. The van der Waals surface area contributed by atoms with Crippen molar-refractivity contribution in [3.8, 4) is 0 Å². The molecule has 1 aliphatic heterocycles. The monoisotopic (exact) mass is 822 g/mol. The Morgan fingerprint density at radius 3 is 1.05 bits per heavy atom. The number of hydrogen-bond donors (Lipinski definition) is 0. The van der Waals surface area contributed by atoms with Crippen LogP contribution in [0.4, 0.5) is 0 Å². The fraction of sp³-hybridized carbons (Fsp3) is 0.610. The van der Waals surface area contributed by atoms with Crippen LogP contribution in [0.25, 0.3) is 0 Å². The van der Waals surface area contributed by atoms with Crippen molar-refractivity contribution < 1.29 is 81.0 Å². The van der Waals surface area contributed by atoms with E-state index < -0.39 is 79.0 Å². The highest BCUT2D eigenvalue weighted by molar-refractivity contribution is 5.88. The van der Waals surface area contributed by atoms with Gasteiger partial charge in [-0.1, -0.05) is 26.3 Å². The molecular formula is C41H58O17. The Morgan fingerprint density at radius 2 is 0.724 bits per heavy atom. The summed E-state index contributed by atoms with van der Waals surface area (Å²) in [6.07, 6.45) is -4.41. The fourth-order valence-corrected chi connectivity index (χ4v) is 4.69. The molecule has 1 aliphatic rings. The van der Waals surface area contributed by atoms with Crippen molar-refractivity contribution in [2.75, 3.05) is 33.0 Å². The lowest BCUT2D eigenvalue weighted by atomic mass is 10.0. The second-order valence-electron chi connectivity index (χ2n) is 13.6. The van der Waals surface area contributed by atoms with Crippen molar-refractivity contribution in [2.24, 2.45) is 0 Å². The zero-order valence-electron chi connectivity index (χ0n) is 34.1. The molecule has 1 fully saturated rings. The molecule has 4 atom stereocenters. The molecule has 0 aliphatic carbocycles. The van der Waals surface area contributed by atoms with Gasteiger partial charge in [-0.05, 0) is 79.1 Å². The summed E-state index contributed by atoms with van der Waals surface area (Å²) in [5.41, 5.74) is 0.894. The quantitative estimate of drug-likeness (QED) is 0.0449. The predicted octanol–water partition coefficient (Wildman–Crippen LogP) is 4.78. The third kappa shape index (κ3) is 21.8. The summed E-state index contributed by atoms with van der Waals surface area (Å²) in [4.78, 5) is 98.9. The molecule has 17 heteroatoms. The molecule has 58 heavy (non-hydrogen) atoms. The second kappa shape index (κ2) is 28.1. The highest BCUT2D eigenvalue weighted by Crippen LogP contribution is 2.27. The Bertz CT molecular complexity index is 1380. The summed E-state index contributed by atoms with van der Waals surface area (Å²) in [5, 5.41) is 0. The summed E-state index contributed by atoms with van der Waals surface area (Å²) in [7, 11) is 0. The molecule has 17 nitrogen and oxygen atoms in total. The highest BCUT2D eigenvalue weighted by atomic mass is 16.7. The lowest BCUT2D eigenvalue weighted by molar-refractivity contribution is -0.275. The molecular weight excluding hydrogens is 764 g/mol. The van der Waals surface area contributed by atoms with E-state index in [0.717, 1.165) is 0 Å². The van der Waals surface area contributed by atoms with Gasteiger partial charge in [0.15, 0.2) is 12.2 Å². The van der Waals surface area contributed by atoms with E-state index in [4.69, 9.17) is 42.6 Å². The van der Waals surface area contributed by atoms with Crippen molar-refractivity contribution in [2.45, 2.75) is 129 Å². The molecule has 0 bridgehead atoms. The van der Waals surface area contributed by atoms with E-state index in [0.29, 0.717) is 25.7 Å². The van der Waals surface area contributed by atoms with Crippen molar-refractivity contribution in [3.63, 3.8) is 0 Å². The fourth-order valence-electron chi connectivity index (χ4n) is 4.69. The molecule has 0 aromatic heterocycles. The summed E-state index contributed by atoms with van der Waals surface area (Å²) < 4.78 is 48.6. The zero-order valence-corrected chi connectivity index (χ0v) is 34.1. The topological polar surface area (TPSA) is 220 Å². The van der Waals surface area contributed by atoms with Crippen LogP contribution in [0.1, 0.15) is 105 Å². The van der Waals surface area contributed by atoms with Gasteiger partial charge in [-0.15, -0.1) is 0 Å². The van der Waals surface area contributed by atoms with Crippen LogP contribution in [0.15, 0.2) is 48.6 Å². The normalized spacial score (nSPS) is 17.0. The second-order valence-corrected chi connectivity index (χ2v) is 13.6. The van der Waals surface area contributed by atoms with Crippen LogP contribution < -0.4 is 0 Å².